The van der Waals surface area contributed by atoms with Gasteiger partial charge in [-0.2, -0.15) is 11.8 Å². The van der Waals surface area contributed by atoms with Crippen LogP contribution in [0.5, 0.6) is 5.75 Å². The Morgan fingerprint density at radius 3 is 2.72 bits per heavy atom. The van der Waals surface area contributed by atoms with Gasteiger partial charge in [0.05, 0.1) is 23.4 Å². The largest absolute Gasteiger partial charge is 0.485 e. The molecule has 25 heavy (non-hydrogen) atoms. The summed E-state index contributed by atoms with van der Waals surface area (Å²) >= 11 is 1.83. The molecule has 0 radical (unpaired) electrons. The third kappa shape index (κ3) is 4.76. The third-order valence-electron chi connectivity index (χ3n) is 3.89. The summed E-state index contributed by atoms with van der Waals surface area (Å²) in [7, 11) is 0. The summed E-state index contributed by atoms with van der Waals surface area (Å²) < 4.78 is 5.96. The van der Waals surface area contributed by atoms with Gasteiger partial charge in [0.1, 0.15) is 6.61 Å². The van der Waals surface area contributed by atoms with E-state index in [0.29, 0.717) is 18.0 Å². The van der Waals surface area contributed by atoms with E-state index in [0.717, 1.165) is 40.6 Å². The average Bonchev–Trinajstić information content (AvgIpc) is 3.04. The zero-order chi connectivity index (χ0) is 17.5. The van der Waals surface area contributed by atoms with Gasteiger partial charge in [-0.05, 0) is 24.3 Å². The van der Waals surface area contributed by atoms with Gasteiger partial charge >= 0.3 is 0 Å². The number of aryl methyl sites for hydroxylation is 2. The van der Waals surface area contributed by atoms with Crippen molar-refractivity contribution in [2.24, 2.45) is 0 Å². The van der Waals surface area contributed by atoms with Crippen LogP contribution in [0.3, 0.4) is 0 Å². The Hall–Kier alpha value is -2.47. The second-order valence-electron chi connectivity index (χ2n) is 5.73. The minimum Gasteiger partial charge on any atom is -0.485 e. The lowest BCUT2D eigenvalue weighted by Gasteiger charge is -2.13. The number of nitrogens with two attached hydrogens (primary N) is 1. The maximum Gasteiger partial charge on any atom is 0.164 e. The van der Waals surface area contributed by atoms with E-state index in [1.807, 2.05) is 49.0 Å². The van der Waals surface area contributed by atoms with Crippen LogP contribution in [0, 0.1) is 6.92 Å². The van der Waals surface area contributed by atoms with Crippen molar-refractivity contribution < 1.29 is 4.74 Å². The third-order valence-corrected chi connectivity index (χ3v) is 4.86. The van der Waals surface area contributed by atoms with Crippen molar-refractivity contribution in [3.63, 3.8) is 0 Å². The number of nitrogens with zero attached hydrogens (tertiary/aromatic N) is 2. The molecule has 0 amide bonds. The summed E-state index contributed by atoms with van der Waals surface area (Å²) in [4.78, 5) is 11.9. The number of hydrogen-bond donors (Lipinski definition) is 2. The molecular formula is C19H22N4OS. The number of rotatable bonds is 8. The monoisotopic (exact) mass is 354 g/mol. The molecule has 3 rings (SSSR count). The van der Waals surface area contributed by atoms with Crippen molar-refractivity contribution in [3.8, 4) is 5.75 Å². The maximum absolute atomic E-state index is 6.10. The van der Waals surface area contributed by atoms with Gasteiger partial charge in [0.2, 0.25) is 0 Å². The van der Waals surface area contributed by atoms with E-state index in [1.54, 1.807) is 18.6 Å². The highest BCUT2D eigenvalue weighted by Crippen LogP contribution is 2.27. The summed E-state index contributed by atoms with van der Waals surface area (Å²) in [5, 5.41) is 0. The molecule has 1 aromatic carbocycles. The fourth-order valence-corrected chi connectivity index (χ4v) is 3.42. The summed E-state index contributed by atoms with van der Waals surface area (Å²) in [5.74, 6) is 2.52. The Kier molecular flexibility index (Phi) is 5.95. The number of nitrogen functional groups attached to an aromatic ring is 1. The highest BCUT2D eigenvalue weighted by Gasteiger charge is 2.10. The van der Waals surface area contributed by atoms with Gasteiger partial charge in [-0.3, -0.25) is 4.98 Å². The number of H-pyrrole nitrogens is 1. The molecule has 0 spiro atoms. The number of nitrogens with one attached hydrogen (secondary N) is 1. The normalized spacial score (nSPS) is 10.8. The van der Waals surface area contributed by atoms with E-state index < -0.39 is 0 Å². The van der Waals surface area contributed by atoms with Crippen molar-refractivity contribution in [2.45, 2.75) is 25.7 Å². The summed E-state index contributed by atoms with van der Waals surface area (Å²) in [6.07, 6.45) is 4.28. The molecule has 2 aromatic heterocycles. The molecule has 0 bridgehead atoms. The van der Waals surface area contributed by atoms with E-state index in [-0.39, 0.29) is 0 Å². The molecule has 0 saturated heterocycles. The molecule has 2 heterocycles. The van der Waals surface area contributed by atoms with Gasteiger partial charge in [0.25, 0.3) is 0 Å². The second kappa shape index (κ2) is 8.58. The highest BCUT2D eigenvalue weighted by molar-refractivity contribution is 7.98. The van der Waals surface area contributed by atoms with E-state index in [4.69, 9.17) is 10.5 Å². The van der Waals surface area contributed by atoms with Crippen LogP contribution in [-0.4, -0.2) is 20.7 Å². The van der Waals surface area contributed by atoms with Crippen molar-refractivity contribution in [1.29, 1.82) is 0 Å². The van der Waals surface area contributed by atoms with E-state index in [1.165, 1.54) is 0 Å². The lowest BCUT2D eigenvalue weighted by molar-refractivity contribution is 0.303. The number of pyridine rings is 1. The smallest absolute Gasteiger partial charge is 0.164 e. The van der Waals surface area contributed by atoms with Crippen LogP contribution < -0.4 is 10.5 Å². The van der Waals surface area contributed by atoms with Crippen LogP contribution >= 0.6 is 11.8 Å². The zero-order valence-electron chi connectivity index (χ0n) is 14.2. The Morgan fingerprint density at radius 2 is 1.96 bits per heavy atom. The molecule has 0 fully saturated rings. The number of aromatic amines is 1. The van der Waals surface area contributed by atoms with Crippen molar-refractivity contribution in [2.75, 3.05) is 11.5 Å². The van der Waals surface area contributed by atoms with E-state index >= 15 is 0 Å². The van der Waals surface area contributed by atoms with Crippen LogP contribution in [0.1, 0.15) is 22.6 Å². The lowest BCUT2D eigenvalue weighted by Crippen LogP contribution is -2.05. The van der Waals surface area contributed by atoms with Gasteiger partial charge in [-0.15, -0.1) is 0 Å². The summed E-state index contributed by atoms with van der Waals surface area (Å²) in [5.41, 5.74) is 11.0. The first kappa shape index (κ1) is 17.4. The Balaban J connectivity index is 1.57. The topological polar surface area (TPSA) is 76.8 Å². The zero-order valence-corrected chi connectivity index (χ0v) is 15.1. The second-order valence-corrected chi connectivity index (χ2v) is 6.83. The van der Waals surface area contributed by atoms with Gasteiger partial charge in [-0.25, -0.2) is 4.98 Å². The van der Waals surface area contributed by atoms with Gasteiger partial charge < -0.3 is 15.5 Å². The number of imidazole rings is 1. The van der Waals surface area contributed by atoms with Crippen LogP contribution in [0.4, 0.5) is 5.69 Å². The molecule has 0 aliphatic heterocycles. The van der Waals surface area contributed by atoms with E-state index in [9.17, 15) is 0 Å². The Morgan fingerprint density at radius 1 is 1.12 bits per heavy atom. The predicted molar refractivity (Wildman–Crippen MR) is 103 cm³/mol. The number of hydrogen-bond acceptors (Lipinski definition) is 5. The van der Waals surface area contributed by atoms with E-state index in [2.05, 4.69) is 15.0 Å². The van der Waals surface area contributed by atoms with Crippen LogP contribution in [0.15, 0.2) is 48.9 Å². The maximum atomic E-state index is 6.10. The quantitative estimate of drug-likeness (QED) is 0.603. The molecule has 0 unspecified atom stereocenters. The van der Waals surface area contributed by atoms with Gasteiger partial charge in [0, 0.05) is 24.1 Å². The molecule has 0 atom stereocenters. The Bertz CT molecular complexity index is 804. The molecular weight excluding hydrogens is 332 g/mol. The fraction of sp³-hybridized carbons (Fsp3) is 0.263. The molecule has 3 aromatic rings. The number of benzene rings is 1. The summed E-state index contributed by atoms with van der Waals surface area (Å²) in [6, 6.07) is 11.8. The Labute approximate surface area is 152 Å². The van der Waals surface area contributed by atoms with Crippen molar-refractivity contribution >= 4 is 17.4 Å². The number of ether oxygens (including phenoxy) is 1. The predicted octanol–water partition coefficient (Wildman–Crippen LogP) is 3.75. The minimum absolute atomic E-state index is 0.489. The SMILES string of the molecule is Cc1[nH]cnc1CSCCc1nccc(N)c1OCc1ccccc1. The highest BCUT2D eigenvalue weighted by atomic mass is 32.2. The first-order valence-corrected chi connectivity index (χ1v) is 9.36. The number of anilines is 1. The van der Waals surface area contributed by atoms with Crippen LogP contribution in [-0.2, 0) is 18.8 Å². The van der Waals surface area contributed by atoms with Gasteiger partial charge in [0.15, 0.2) is 5.75 Å². The molecule has 3 N–H and O–H groups in total. The standard InChI is InChI=1S/C19H22N4OS/c1-14-18(23-13-22-14)12-25-10-8-17-19(16(20)7-9-21-17)24-11-15-5-3-2-4-6-15/h2-7,9,13H,8,10-12H2,1H3,(H2,20,21)(H,22,23). The van der Waals surface area contributed by atoms with Crippen molar-refractivity contribution in [3.05, 3.63) is 71.6 Å². The van der Waals surface area contributed by atoms with Crippen molar-refractivity contribution in [1.82, 2.24) is 15.0 Å². The minimum atomic E-state index is 0.489. The molecule has 0 saturated carbocycles. The number of thioether (sulfide) groups is 1. The number of aromatic nitrogens is 3. The molecule has 5 nitrogen and oxygen atoms in total. The molecule has 6 heteroatoms. The first-order valence-electron chi connectivity index (χ1n) is 8.20. The fourth-order valence-electron chi connectivity index (χ4n) is 2.45. The van der Waals surface area contributed by atoms with Crippen LogP contribution in [0.2, 0.25) is 0 Å². The van der Waals surface area contributed by atoms with Crippen LogP contribution in [0.25, 0.3) is 0 Å². The molecule has 130 valence electrons. The summed E-state index contributed by atoms with van der Waals surface area (Å²) in [6.45, 7) is 2.53. The first-order chi connectivity index (χ1) is 12.2. The lowest BCUT2D eigenvalue weighted by atomic mass is 10.2. The van der Waals surface area contributed by atoms with Gasteiger partial charge in [-0.1, -0.05) is 30.3 Å². The average molecular weight is 354 g/mol. The molecule has 0 aliphatic rings. The molecule has 0 aliphatic carbocycles.